The monoisotopic (exact) mass is 455 g/mol. The van der Waals surface area contributed by atoms with E-state index in [1.54, 1.807) is 31.3 Å². The molecule has 0 radical (unpaired) electrons. The molecule has 8 nitrogen and oxygen atoms in total. The normalized spacial score (nSPS) is 11.3. The Labute approximate surface area is 185 Å². The molecule has 0 saturated carbocycles. The van der Waals surface area contributed by atoms with Crippen LogP contribution in [0.5, 0.6) is 0 Å². The van der Waals surface area contributed by atoms with E-state index in [0.717, 1.165) is 12.1 Å². The maximum atomic E-state index is 13.7. The van der Waals surface area contributed by atoms with Gasteiger partial charge in [-0.15, -0.1) is 0 Å². The predicted octanol–water partition coefficient (Wildman–Crippen LogP) is 4.69. The van der Waals surface area contributed by atoms with Gasteiger partial charge in [-0.3, -0.25) is 9.59 Å². The molecule has 3 aromatic heterocycles. The van der Waals surface area contributed by atoms with Crippen LogP contribution in [0.4, 0.5) is 24.5 Å². The molecule has 1 aromatic carbocycles. The van der Waals surface area contributed by atoms with E-state index < -0.39 is 29.2 Å². The van der Waals surface area contributed by atoms with Crippen LogP contribution in [-0.4, -0.2) is 26.6 Å². The van der Waals surface area contributed by atoms with E-state index in [9.17, 15) is 22.8 Å². The lowest BCUT2D eigenvalue weighted by Gasteiger charge is -2.15. The van der Waals surface area contributed by atoms with E-state index in [2.05, 4.69) is 20.7 Å². The van der Waals surface area contributed by atoms with Gasteiger partial charge in [0, 0.05) is 11.9 Å². The van der Waals surface area contributed by atoms with Crippen molar-refractivity contribution in [2.75, 3.05) is 10.6 Å². The summed E-state index contributed by atoms with van der Waals surface area (Å²) in [6.07, 6.45) is 0.464. The molecule has 168 valence electrons. The molecule has 0 aliphatic carbocycles. The van der Waals surface area contributed by atoms with E-state index in [4.69, 9.17) is 4.42 Å². The first-order valence-corrected chi connectivity index (χ1v) is 9.56. The van der Waals surface area contributed by atoms with Crippen LogP contribution in [0.2, 0.25) is 0 Å². The van der Waals surface area contributed by atoms with E-state index in [1.165, 1.54) is 35.5 Å². The molecule has 3 heterocycles. The maximum absolute atomic E-state index is 13.7. The number of anilines is 2. The summed E-state index contributed by atoms with van der Waals surface area (Å²) >= 11 is 0. The number of nitrogens with zero attached hydrogens (tertiary/aromatic N) is 3. The van der Waals surface area contributed by atoms with Crippen molar-refractivity contribution in [2.24, 2.45) is 0 Å². The summed E-state index contributed by atoms with van der Waals surface area (Å²) in [5.41, 5.74) is -1.02. The Bertz CT molecular complexity index is 1300. The molecule has 0 atom stereocenters. The average Bonchev–Trinajstić information content (AvgIpc) is 3.45. The summed E-state index contributed by atoms with van der Waals surface area (Å²) in [6, 6.07) is 9.60. The lowest BCUT2D eigenvalue weighted by Crippen LogP contribution is -2.18. The van der Waals surface area contributed by atoms with Gasteiger partial charge in [0.15, 0.2) is 5.82 Å². The van der Waals surface area contributed by atoms with Gasteiger partial charge in [0.1, 0.15) is 6.26 Å². The molecule has 0 fully saturated rings. The second-order valence-electron chi connectivity index (χ2n) is 6.92. The molecular formula is C22H16F3N5O3. The number of alkyl halides is 3. The van der Waals surface area contributed by atoms with E-state index >= 15 is 0 Å². The highest BCUT2D eigenvalue weighted by Gasteiger charge is 2.35. The maximum Gasteiger partial charge on any atom is 0.418 e. The summed E-state index contributed by atoms with van der Waals surface area (Å²) in [6.45, 7) is 1.61. The molecule has 2 amide bonds. The average molecular weight is 455 g/mol. The van der Waals surface area contributed by atoms with E-state index in [0.29, 0.717) is 11.5 Å². The third-order valence-electron chi connectivity index (χ3n) is 4.74. The largest absolute Gasteiger partial charge is 0.472 e. The minimum Gasteiger partial charge on any atom is -0.472 e. The van der Waals surface area contributed by atoms with Crippen LogP contribution in [0.3, 0.4) is 0 Å². The summed E-state index contributed by atoms with van der Waals surface area (Å²) in [4.78, 5) is 29.0. The number of aromatic nitrogens is 3. The molecular weight excluding hydrogens is 439 g/mol. The van der Waals surface area contributed by atoms with Gasteiger partial charge in [-0.2, -0.15) is 18.3 Å². The van der Waals surface area contributed by atoms with Crippen LogP contribution < -0.4 is 10.6 Å². The fourth-order valence-electron chi connectivity index (χ4n) is 3.09. The van der Waals surface area contributed by atoms with Gasteiger partial charge in [-0.1, -0.05) is 6.07 Å². The highest BCUT2D eigenvalue weighted by molar-refractivity contribution is 6.06. The Morgan fingerprint density at radius 1 is 1.06 bits per heavy atom. The zero-order chi connectivity index (χ0) is 23.6. The van der Waals surface area contributed by atoms with Crippen molar-refractivity contribution in [3.63, 3.8) is 0 Å². The van der Waals surface area contributed by atoms with Crippen LogP contribution in [-0.2, 0) is 6.18 Å². The standard InChI is InChI=1S/C22H16F3N5O3/c1-13-16(11-27-30(13)19-4-2-3-8-26-19)21(32)29-18-6-5-15(10-17(18)22(23,24)25)28-20(31)14-7-9-33-12-14/h2-12H,1H3,(H,28,31)(H,29,32). The van der Waals surface area contributed by atoms with Crippen molar-refractivity contribution in [3.05, 3.63) is 89.8 Å². The van der Waals surface area contributed by atoms with Gasteiger partial charge in [-0.25, -0.2) is 9.67 Å². The van der Waals surface area contributed by atoms with Crippen molar-refractivity contribution < 1.29 is 27.2 Å². The van der Waals surface area contributed by atoms with Crippen molar-refractivity contribution >= 4 is 23.2 Å². The number of hydrogen-bond acceptors (Lipinski definition) is 5. The summed E-state index contributed by atoms with van der Waals surface area (Å²) in [5, 5.41) is 8.76. The fraction of sp³-hybridized carbons (Fsp3) is 0.0909. The van der Waals surface area contributed by atoms with Crippen LogP contribution in [0, 0.1) is 6.92 Å². The number of halogens is 3. The minimum atomic E-state index is -4.79. The molecule has 0 saturated heterocycles. The predicted molar refractivity (Wildman–Crippen MR) is 112 cm³/mol. The number of rotatable bonds is 5. The second-order valence-corrected chi connectivity index (χ2v) is 6.92. The number of amides is 2. The van der Waals surface area contributed by atoms with E-state index in [-0.39, 0.29) is 16.8 Å². The summed E-state index contributed by atoms with van der Waals surface area (Å²) in [5.74, 6) is -0.940. The Hall–Kier alpha value is -4.41. The third-order valence-corrected chi connectivity index (χ3v) is 4.74. The zero-order valence-corrected chi connectivity index (χ0v) is 17.1. The highest BCUT2D eigenvalue weighted by Crippen LogP contribution is 2.37. The number of carbonyl (C=O) groups excluding carboxylic acids is 2. The molecule has 0 aliphatic rings. The first-order valence-electron chi connectivity index (χ1n) is 9.56. The number of hydrogen-bond donors (Lipinski definition) is 2. The highest BCUT2D eigenvalue weighted by atomic mass is 19.4. The van der Waals surface area contributed by atoms with Gasteiger partial charge in [0.05, 0.1) is 40.5 Å². The molecule has 0 spiro atoms. The zero-order valence-electron chi connectivity index (χ0n) is 17.1. The number of pyridine rings is 1. The Kier molecular flexibility index (Phi) is 5.69. The number of benzene rings is 1. The van der Waals surface area contributed by atoms with Crippen molar-refractivity contribution in [1.82, 2.24) is 14.8 Å². The Morgan fingerprint density at radius 2 is 1.88 bits per heavy atom. The van der Waals surface area contributed by atoms with Crippen molar-refractivity contribution in [1.29, 1.82) is 0 Å². The first kappa shape index (κ1) is 21.8. The first-order chi connectivity index (χ1) is 15.7. The Balaban J connectivity index is 1.59. The molecule has 0 aliphatic heterocycles. The smallest absolute Gasteiger partial charge is 0.418 e. The van der Waals surface area contributed by atoms with Gasteiger partial charge in [0.2, 0.25) is 0 Å². The summed E-state index contributed by atoms with van der Waals surface area (Å²) < 4.78 is 47.3. The number of nitrogens with one attached hydrogen (secondary N) is 2. The van der Waals surface area contributed by atoms with Gasteiger partial charge in [-0.05, 0) is 43.3 Å². The van der Waals surface area contributed by atoms with Crippen LogP contribution in [0.25, 0.3) is 5.82 Å². The molecule has 4 rings (SSSR count). The second kappa shape index (κ2) is 8.61. The van der Waals surface area contributed by atoms with E-state index in [1.807, 2.05) is 0 Å². The fourth-order valence-corrected chi connectivity index (χ4v) is 3.09. The number of furan rings is 1. The SMILES string of the molecule is Cc1c(C(=O)Nc2ccc(NC(=O)c3ccoc3)cc2C(F)(F)F)cnn1-c1ccccn1. The molecule has 4 aromatic rings. The Morgan fingerprint density at radius 3 is 2.55 bits per heavy atom. The molecule has 33 heavy (non-hydrogen) atoms. The van der Waals surface area contributed by atoms with Crippen LogP contribution in [0.1, 0.15) is 32.0 Å². The third kappa shape index (κ3) is 4.61. The molecule has 2 N–H and O–H groups in total. The molecule has 0 unspecified atom stereocenters. The molecule has 0 bridgehead atoms. The van der Waals surface area contributed by atoms with Crippen molar-refractivity contribution in [2.45, 2.75) is 13.1 Å². The summed E-state index contributed by atoms with van der Waals surface area (Å²) in [7, 11) is 0. The molecule has 11 heteroatoms. The van der Waals surface area contributed by atoms with Gasteiger partial charge < -0.3 is 15.1 Å². The van der Waals surface area contributed by atoms with Gasteiger partial charge >= 0.3 is 6.18 Å². The number of carbonyl (C=O) groups is 2. The minimum absolute atomic E-state index is 0.0890. The van der Waals surface area contributed by atoms with Crippen LogP contribution >= 0.6 is 0 Å². The lowest BCUT2D eigenvalue weighted by atomic mass is 10.1. The van der Waals surface area contributed by atoms with Crippen molar-refractivity contribution in [3.8, 4) is 5.82 Å². The van der Waals surface area contributed by atoms with Gasteiger partial charge in [0.25, 0.3) is 11.8 Å². The lowest BCUT2D eigenvalue weighted by molar-refractivity contribution is -0.136. The van der Waals surface area contributed by atoms with Crippen LogP contribution in [0.15, 0.2) is 71.8 Å². The topological polar surface area (TPSA) is 102 Å². The quantitative estimate of drug-likeness (QED) is 0.455.